The largest absolute Gasteiger partial charge is 0.489 e. The van der Waals surface area contributed by atoms with Crippen LogP contribution in [-0.2, 0) is 67.3 Å². The highest BCUT2D eigenvalue weighted by atomic mass is 16.6. The molecule has 3 rings (SSSR count). The lowest BCUT2D eigenvalue weighted by Crippen LogP contribution is -2.46. The molecule has 314 valence electrons. The molecular formula is C45H58N2O11. The molecule has 13 heteroatoms. The molecule has 0 unspecified atom stereocenters. The SMILES string of the molecule is COCCOCCNC(=O)[C@H](CC(=O)OC(C)(C)C)CC(=O)[C@@H](CCC(=O)OCc1ccccc1)NC(=O)[C@@H](CC(C)=O)Cc1ccc(OCc2ccccc2)cc1. The molecule has 58 heavy (non-hydrogen) atoms. The average molecular weight is 803 g/mol. The normalized spacial score (nSPS) is 12.7. The minimum Gasteiger partial charge on any atom is -0.489 e. The van der Waals surface area contributed by atoms with Crippen LogP contribution < -0.4 is 15.4 Å². The number of hydrogen-bond donors (Lipinski definition) is 2. The van der Waals surface area contributed by atoms with E-state index in [-0.39, 0.29) is 51.2 Å². The average Bonchev–Trinajstić information content (AvgIpc) is 3.18. The van der Waals surface area contributed by atoms with Crippen LogP contribution in [0, 0.1) is 11.8 Å². The van der Waals surface area contributed by atoms with Crippen molar-refractivity contribution < 1.29 is 52.5 Å². The summed E-state index contributed by atoms with van der Waals surface area (Å²) >= 11 is 0. The summed E-state index contributed by atoms with van der Waals surface area (Å²) in [4.78, 5) is 79.6. The Kier molecular flexibility index (Phi) is 20.3. The molecule has 0 aromatic heterocycles. The summed E-state index contributed by atoms with van der Waals surface area (Å²) in [5.74, 6) is -4.60. The molecule has 0 aliphatic carbocycles. The number of hydrogen-bond acceptors (Lipinski definition) is 11. The van der Waals surface area contributed by atoms with Crippen LogP contribution in [0.4, 0.5) is 0 Å². The Morgan fingerprint density at radius 2 is 1.31 bits per heavy atom. The second-order valence-corrected chi connectivity index (χ2v) is 15.0. The van der Waals surface area contributed by atoms with Crippen LogP contribution in [0.15, 0.2) is 84.9 Å². The standard InChI is InChI=1S/C45H58N2O11/c1-32(48)26-36(27-33-16-18-38(19-17-33)56-30-34-12-8-6-9-13-34)44(53)47-39(20-21-41(50)57-31-35-14-10-7-11-15-35)40(49)28-37(29-42(51)58-45(2,3)4)43(52)46-22-23-55-25-24-54-5/h6-19,36-37,39H,20-31H2,1-5H3,(H,46,52)(H,47,53)/t36-,37-,39+/m0/s1. The summed E-state index contributed by atoms with van der Waals surface area (Å²) in [6.07, 6.45) is -1.15. The predicted octanol–water partition coefficient (Wildman–Crippen LogP) is 5.50. The number of methoxy groups -OCH3 is 1. The van der Waals surface area contributed by atoms with E-state index in [1.807, 2.05) is 72.8 Å². The van der Waals surface area contributed by atoms with Crippen LogP contribution in [-0.4, -0.2) is 80.4 Å². The van der Waals surface area contributed by atoms with Crippen molar-refractivity contribution in [3.8, 4) is 5.75 Å². The van der Waals surface area contributed by atoms with Gasteiger partial charge in [-0.25, -0.2) is 0 Å². The van der Waals surface area contributed by atoms with Gasteiger partial charge in [0, 0.05) is 38.8 Å². The molecule has 13 nitrogen and oxygen atoms in total. The first-order chi connectivity index (χ1) is 27.7. The molecule has 0 saturated heterocycles. The van der Waals surface area contributed by atoms with Crippen molar-refractivity contribution in [3.05, 3.63) is 102 Å². The van der Waals surface area contributed by atoms with E-state index in [2.05, 4.69) is 10.6 Å². The fraction of sp³-hybridized carbons (Fsp3) is 0.467. The van der Waals surface area contributed by atoms with E-state index in [0.717, 1.165) is 16.7 Å². The Labute approximate surface area is 341 Å². The van der Waals surface area contributed by atoms with Gasteiger partial charge in [0.2, 0.25) is 11.8 Å². The highest BCUT2D eigenvalue weighted by molar-refractivity contribution is 5.95. The Morgan fingerprint density at radius 3 is 1.91 bits per heavy atom. The number of nitrogens with one attached hydrogen (secondary N) is 2. The fourth-order valence-electron chi connectivity index (χ4n) is 5.89. The Hall–Kier alpha value is -5.40. The molecule has 0 spiro atoms. The molecule has 2 N–H and O–H groups in total. The van der Waals surface area contributed by atoms with Gasteiger partial charge in [0.15, 0.2) is 5.78 Å². The second kappa shape index (κ2) is 25.1. The van der Waals surface area contributed by atoms with E-state index < -0.39 is 65.9 Å². The number of Topliss-reactive ketones (excluding diaryl/α,β-unsaturated/α-hetero) is 2. The first-order valence-corrected chi connectivity index (χ1v) is 19.6. The number of benzene rings is 3. The Balaban J connectivity index is 1.78. The minimum atomic E-state index is -1.24. The third-order valence-corrected chi connectivity index (χ3v) is 8.77. The molecule has 0 bridgehead atoms. The summed E-state index contributed by atoms with van der Waals surface area (Å²) in [6.45, 7) is 7.84. The van der Waals surface area contributed by atoms with Crippen molar-refractivity contribution in [1.82, 2.24) is 10.6 Å². The van der Waals surface area contributed by atoms with Gasteiger partial charge in [-0.3, -0.25) is 24.0 Å². The van der Waals surface area contributed by atoms with Gasteiger partial charge in [0.25, 0.3) is 0 Å². The van der Waals surface area contributed by atoms with Crippen molar-refractivity contribution >= 4 is 35.3 Å². The number of esters is 2. The monoisotopic (exact) mass is 802 g/mol. The zero-order chi connectivity index (χ0) is 42.3. The fourth-order valence-corrected chi connectivity index (χ4v) is 5.89. The van der Waals surface area contributed by atoms with Gasteiger partial charge in [0.1, 0.15) is 30.3 Å². The number of ether oxygens (including phenoxy) is 5. The van der Waals surface area contributed by atoms with Gasteiger partial charge in [-0.15, -0.1) is 0 Å². The van der Waals surface area contributed by atoms with Crippen molar-refractivity contribution in [2.24, 2.45) is 11.8 Å². The number of carbonyl (C=O) groups is 6. The molecule has 0 fully saturated rings. The highest BCUT2D eigenvalue weighted by Crippen LogP contribution is 2.21. The first kappa shape index (κ1) is 47.0. The van der Waals surface area contributed by atoms with Crippen LogP contribution in [0.5, 0.6) is 5.75 Å². The highest BCUT2D eigenvalue weighted by Gasteiger charge is 2.33. The van der Waals surface area contributed by atoms with E-state index in [1.54, 1.807) is 40.0 Å². The molecule has 0 aliphatic heterocycles. The molecule has 3 atom stereocenters. The van der Waals surface area contributed by atoms with Gasteiger partial charge in [-0.05, 0) is 69.4 Å². The lowest BCUT2D eigenvalue weighted by atomic mass is 9.90. The summed E-state index contributed by atoms with van der Waals surface area (Å²) in [5, 5.41) is 5.49. The van der Waals surface area contributed by atoms with E-state index in [9.17, 15) is 28.8 Å². The molecule has 0 heterocycles. The zero-order valence-corrected chi connectivity index (χ0v) is 34.3. The van der Waals surface area contributed by atoms with Gasteiger partial charge in [-0.2, -0.15) is 0 Å². The topological polar surface area (TPSA) is 173 Å². The van der Waals surface area contributed by atoms with E-state index in [1.165, 1.54) is 6.92 Å². The summed E-state index contributed by atoms with van der Waals surface area (Å²) in [6, 6.07) is 24.8. The first-order valence-electron chi connectivity index (χ1n) is 19.6. The van der Waals surface area contributed by atoms with Crippen LogP contribution in [0.25, 0.3) is 0 Å². The Morgan fingerprint density at radius 1 is 0.672 bits per heavy atom. The third-order valence-electron chi connectivity index (χ3n) is 8.77. The Bertz CT molecular complexity index is 1740. The smallest absolute Gasteiger partial charge is 0.307 e. The van der Waals surface area contributed by atoms with Crippen molar-refractivity contribution in [3.63, 3.8) is 0 Å². The maximum atomic E-state index is 14.1. The van der Waals surface area contributed by atoms with Crippen LogP contribution >= 0.6 is 0 Å². The molecule has 3 aromatic carbocycles. The van der Waals surface area contributed by atoms with Gasteiger partial charge in [-0.1, -0.05) is 72.8 Å². The van der Waals surface area contributed by atoms with Crippen LogP contribution in [0.2, 0.25) is 0 Å². The number of ketones is 2. The summed E-state index contributed by atoms with van der Waals surface area (Å²) < 4.78 is 27.2. The van der Waals surface area contributed by atoms with E-state index in [4.69, 9.17) is 23.7 Å². The predicted molar refractivity (Wildman–Crippen MR) is 216 cm³/mol. The van der Waals surface area contributed by atoms with Gasteiger partial charge in [0.05, 0.1) is 38.2 Å². The molecule has 2 amide bonds. The van der Waals surface area contributed by atoms with Gasteiger partial charge >= 0.3 is 11.9 Å². The molecule has 0 saturated carbocycles. The maximum absolute atomic E-state index is 14.1. The van der Waals surface area contributed by atoms with Crippen molar-refractivity contribution in [2.45, 2.75) is 91.1 Å². The summed E-state index contributed by atoms with van der Waals surface area (Å²) in [5.41, 5.74) is 1.72. The van der Waals surface area contributed by atoms with Crippen LogP contribution in [0.1, 0.15) is 76.5 Å². The number of amides is 2. The zero-order valence-electron chi connectivity index (χ0n) is 34.3. The number of carbonyl (C=O) groups excluding carboxylic acids is 6. The lowest BCUT2D eigenvalue weighted by Gasteiger charge is -2.25. The van der Waals surface area contributed by atoms with E-state index >= 15 is 0 Å². The maximum Gasteiger partial charge on any atom is 0.307 e. The lowest BCUT2D eigenvalue weighted by molar-refractivity contribution is -0.157. The van der Waals surface area contributed by atoms with Gasteiger partial charge < -0.3 is 39.1 Å². The quantitative estimate of drug-likeness (QED) is 0.0776. The third kappa shape index (κ3) is 19.2. The molecule has 0 aliphatic rings. The summed E-state index contributed by atoms with van der Waals surface area (Å²) in [7, 11) is 1.54. The molecule has 3 aromatic rings. The second-order valence-electron chi connectivity index (χ2n) is 15.0. The minimum absolute atomic E-state index is 0.0226. The van der Waals surface area contributed by atoms with Crippen molar-refractivity contribution in [1.29, 1.82) is 0 Å². The number of rotatable bonds is 26. The van der Waals surface area contributed by atoms with E-state index in [0.29, 0.717) is 25.6 Å². The molecular weight excluding hydrogens is 744 g/mol. The molecule has 0 radical (unpaired) electrons. The van der Waals surface area contributed by atoms with Crippen molar-refractivity contribution in [2.75, 3.05) is 33.5 Å². The van der Waals surface area contributed by atoms with Crippen LogP contribution in [0.3, 0.4) is 0 Å².